The number of pyridine rings is 2. The van der Waals surface area contributed by atoms with Crippen molar-refractivity contribution in [3.05, 3.63) is 100 Å². The van der Waals surface area contributed by atoms with Crippen molar-refractivity contribution in [3.63, 3.8) is 0 Å². The van der Waals surface area contributed by atoms with Gasteiger partial charge in [0, 0.05) is 46.4 Å². The van der Waals surface area contributed by atoms with Crippen LogP contribution in [0.4, 0.5) is 10.3 Å². The zero-order chi connectivity index (χ0) is 26.7. The van der Waals surface area contributed by atoms with Gasteiger partial charge in [0.1, 0.15) is 11.5 Å². The Kier molecular flexibility index (Phi) is 5.27. The number of nitrogens with two attached hydrogens (primary N) is 1. The van der Waals surface area contributed by atoms with E-state index in [2.05, 4.69) is 19.9 Å². The Morgan fingerprint density at radius 2 is 1.97 bits per heavy atom. The lowest BCUT2D eigenvalue weighted by atomic mass is 10.00. The minimum atomic E-state index is -0.531. The summed E-state index contributed by atoms with van der Waals surface area (Å²) in [6, 6.07) is 16.1. The first-order valence-corrected chi connectivity index (χ1v) is 12.7. The van der Waals surface area contributed by atoms with Gasteiger partial charge in [0.2, 0.25) is 5.95 Å². The lowest BCUT2D eigenvalue weighted by molar-refractivity contribution is 0.282. The number of nitrogens with one attached hydrogen (secondary N) is 1. The molecule has 0 atom stereocenters. The SMILES string of the molecule is Nc1nc(-c2cccc(-n3ccc4cc(C5CC5)cc(F)c4c3=O)c2CO)c2cc(-c3cccnc3)[nH]c2n1. The number of H-pyrrole nitrogens is 1. The second kappa shape index (κ2) is 8.85. The Balaban J connectivity index is 1.42. The third-order valence-corrected chi connectivity index (χ3v) is 7.33. The zero-order valence-electron chi connectivity index (χ0n) is 20.7. The van der Waals surface area contributed by atoms with E-state index in [4.69, 9.17) is 5.73 Å². The van der Waals surface area contributed by atoms with Crippen LogP contribution in [0.5, 0.6) is 0 Å². The fraction of sp³-hybridized carbons (Fsp3) is 0.133. The number of aliphatic hydroxyl groups excluding tert-OH is 1. The van der Waals surface area contributed by atoms with E-state index in [1.807, 2.05) is 30.3 Å². The summed E-state index contributed by atoms with van der Waals surface area (Å²) < 4.78 is 16.6. The largest absolute Gasteiger partial charge is 0.392 e. The molecule has 4 aromatic heterocycles. The molecule has 1 saturated carbocycles. The monoisotopic (exact) mass is 518 g/mol. The van der Waals surface area contributed by atoms with Gasteiger partial charge in [-0.15, -0.1) is 0 Å². The molecule has 6 aromatic rings. The molecule has 0 bridgehead atoms. The summed E-state index contributed by atoms with van der Waals surface area (Å²) in [5.74, 6) is -0.105. The summed E-state index contributed by atoms with van der Waals surface area (Å²) >= 11 is 0. The maximum absolute atomic E-state index is 15.2. The van der Waals surface area contributed by atoms with Crippen LogP contribution in [-0.4, -0.2) is 29.6 Å². The first kappa shape index (κ1) is 23.2. The highest BCUT2D eigenvalue weighted by atomic mass is 19.1. The van der Waals surface area contributed by atoms with Gasteiger partial charge < -0.3 is 15.8 Å². The number of halogens is 1. The van der Waals surface area contributed by atoms with Gasteiger partial charge in [-0.1, -0.05) is 18.2 Å². The molecule has 0 saturated heterocycles. The molecule has 0 aliphatic heterocycles. The van der Waals surface area contributed by atoms with Crippen molar-refractivity contribution in [1.82, 2.24) is 24.5 Å². The Morgan fingerprint density at radius 1 is 1.10 bits per heavy atom. The topological polar surface area (TPSA) is 123 Å². The van der Waals surface area contributed by atoms with Crippen molar-refractivity contribution in [2.45, 2.75) is 25.4 Å². The van der Waals surface area contributed by atoms with Gasteiger partial charge in [-0.2, -0.15) is 4.98 Å². The van der Waals surface area contributed by atoms with E-state index >= 15 is 4.39 Å². The van der Waals surface area contributed by atoms with Gasteiger partial charge in [0.25, 0.3) is 5.56 Å². The van der Waals surface area contributed by atoms with E-state index < -0.39 is 11.4 Å². The number of aliphatic hydroxyl groups is 1. The summed E-state index contributed by atoms with van der Waals surface area (Å²) in [6.07, 6.45) is 7.14. The molecule has 1 fully saturated rings. The number of rotatable bonds is 5. The average molecular weight is 519 g/mol. The zero-order valence-corrected chi connectivity index (χ0v) is 20.7. The summed E-state index contributed by atoms with van der Waals surface area (Å²) in [4.78, 5) is 29.9. The summed E-state index contributed by atoms with van der Waals surface area (Å²) in [5.41, 5.74) is 10.7. The minimum Gasteiger partial charge on any atom is -0.392 e. The lowest BCUT2D eigenvalue weighted by Gasteiger charge is -2.16. The van der Waals surface area contributed by atoms with E-state index in [1.165, 1.54) is 10.6 Å². The Bertz CT molecular complexity index is 1960. The van der Waals surface area contributed by atoms with Crippen molar-refractivity contribution in [3.8, 4) is 28.2 Å². The second-order valence-electron chi connectivity index (χ2n) is 9.81. The van der Waals surface area contributed by atoms with Crippen molar-refractivity contribution >= 4 is 27.8 Å². The van der Waals surface area contributed by atoms with Crippen LogP contribution in [0.15, 0.2) is 78.0 Å². The molecule has 2 aromatic carbocycles. The third-order valence-electron chi connectivity index (χ3n) is 7.33. The highest BCUT2D eigenvalue weighted by Crippen LogP contribution is 2.41. The number of aromatic nitrogens is 5. The number of nitrogen functional groups attached to an aromatic ring is 1. The van der Waals surface area contributed by atoms with E-state index in [-0.39, 0.29) is 17.9 Å². The van der Waals surface area contributed by atoms with Crippen molar-refractivity contribution < 1.29 is 9.50 Å². The van der Waals surface area contributed by atoms with Crippen molar-refractivity contribution in [2.24, 2.45) is 0 Å². The number of fused-ring (bicyclic) bond motifs is 2. The summed E-state index contributed by atoms with van der Waals surface area (Å²) in [6.45, 7) is -0.385. The molecule has 9 heteroatoms. The maximum Gasteiger partial charge on any atom is 0.265 e. The van der Waals surface area contributed by atoms with Gasteiger partial charge in [-0.25, -0.2) is 9.37 Å². The number of nitrogens with zero attached hydrogens (tertiary/aromatic N) is 4. The summed E-state index contributed by atoms with van der Waals surface area (Å²) in [7, 11) is 0. The predicted molar refractivity (Wildman–Crippen MR) is 148 cm³/mol. The molecule has 1 aliphatic carbocycles. The minimum absolute atomic E-state index is 0.0246. The van der Waals surface area contributed by atoms with E-state index in [1.54, 1.807) is 36.8 Å². The van der Waals surface area contributed by atoms with Crippen LogP contribution >= 0.6 is 0 Å². The third kappa shape index (κ3) is 3.86. The quantitative estimate of drug-likeness (QED) is 0.292. The van der Waals surface area contributed by atoms with Crippen LogP contribution in [0.25, 0.3) is 50.0 Å². The van der Waals surface area contributed by atoms with E-state index in [9.17, 15) is 9.90 Å². The molecule has 8 nitrogen and oxygen atoms in total. The molecule has 0 amide bonds. The Labute approximate surface area is 221 Å². The van der Waals surface area contributed by atoms with Crippen LogP contribution in [0.2, 0.25) is 0 Å². The molecule has 7 rings (SSSR count). The van der Waals surface area contributed by atoms with Crippen LogP contribution in [0, 0.1) is 5.82 Å². The molecule has 0 spiro atoms. The van der Waals surface area contributed by atoms with Gasteiger partial charge in [-0.3, -0.25) is 14.3 Å². The van der Waals surface area contributed by atoms with Gasteiger partial charge in [0.15, 0.2) is 0 Å². The lowest BCUT2D eigenvalue weighted by Crippen LogP contribution is -2.20. The highest BCUT2D eigenvalue weighted by Gasteiger charge is 2.25. The number of benzene rings is 2. The first-order valence-electron chi connectivity index (χ1n) is 12.7. The van der Waals surface area contributed by atoms with Crippen LogP contribution < -0.4 is 11.3 Å². The van der Waals surface area contributed by atoms with Crippen LogP contribution in [0.1, 0.15) is 29.9 Å². The predicted octanol–water partition coefficient (Wildman–Crippen LogP) is 5.08. The fourth-order valence-electron chi connectivity index (χ4n) is 5.29. The van der Waals surface area contributed by atoms with E-state index in [0.717, 1.165) is 29.7 Å². The second-order valence-corrected chi connectivity index (χ2v) is 9.81. The van der Waals surface area contributed by atoms with Crippen molar-refractivity contribution in [1.29, 1.82) is 0 Å². The Morgan fingerprint density at radius 3 is 2.74 bits per heavy atom. The highest BCUT2D eigenvalue weighted by molar-refractivity contribution is 5.96. The van der Waals surface area contributed by atoms with Gasteiger partial charge in [-0.05, 0) is 66.1 Å². The average Bonchev–Trinajstić information content (AvgIpc) is 3.71. The smallest absolute Gasteiger partial charge is 0.265 e. The molecule has 4 heterocycles. The van der Waals surface area contributed by atoms with E-state index in [0.29, 0.717) is 44.8 Å². The number of aromatic amines is 1. The Hall–Kier alpha value is -4.89. The molecule has 0 radical (unpaired) electrons. The molecule has 0 unspecified atom stereocenters. The molecule has 192 valence electrons. The fourth-order valence-corrected chi connectivity index (χ4v) is 5.29. The normalized spacial score (nSPS) is 13.4. The van der Waals surface area contributed by atoms with Crippen LogP contribution in [0.3, 0.4) is 0 Å². The van der Waals surface area contributed by atoms with Gasteiger partial charge >= 0.3 is 0 Å². The molecular formula is C30H23FN6O2. The first-order chi connectivity index (χ1) is 19.0. The van der Waals surface area contributed by atoms with Crippen molar-refractivity contribution in [2.75, 3.05) is 5.73 Å². The molecule has 39 heavy (non-hydrogen) atoms. The number of anilines is 1. The summed E-state index contributed by atoms with van der Waals surface area (Å²) in [5, 5.41) is 11.8. The van der Waals surface area contributed by atoms with Gasteiger partial charge in [0.05, 0.1) is 23.4 Å². The number of hydrogen-bond donors (Lipinski definition) is 3. The number of hydrogen-bond acceptors (Lipinski definition) is 6. The standard InChI is InChI=1S/C30H23FN6O2/c31-23-12-19(16-6-7-16)11-17-8-10-37(29(39)26(17)23)25-5-1-4-20(22(25)15-38)27-21-13-24(18-3-2-9-33-14-18)34-28(21)36-30(32)35-27/h1-5,8-14,16,38H,6-7,15H2,(H3,32,34,35,36). The molecule has 4 N–H and O–H groups in total. The maximum atomic E-state index is 15.2. The molecular weight excluding hydrogens is 495 g/mol. The molecule has 1 aliphatic rings. The van der Waals surface area contributed by atoms with Crippen LogP contribution in [-0.2, 0) is 6.61 Å².